The number of phenolic OH excluding ortho intramolecular Hbond substituents is 1. The Labute approximate surface area is 126 Å². The molecule has 0 radical (unpaired) electrons. The SMILES string of the molecule is CN1C=C(c2c(F)cccc2F)C(c2ccc(O)cc2)N1O. The van der Waals surface area contributed by atoms with Crippen molar-refractivity contribution in [1.82, 2.24) is 10.2 Å². The summed E-state index contributed by atoms with van der Waals surface area (Å²) in [4.78, 5) is 0. The van der Waals surface area contributed by atoms with Crippen LogP contribution in [0, 0.1) is 11.6 Å². The first-order valence-corrected chi connectivity index (χ1v) is 6.65. The van der Waals surface area contributed by atoms with Gasteiger partial charge in [-0.2, -0.15) is 0 Å². The van der Waals surface area contributed by atoms with Gasteiger partial charge in [0, 0.05) is 18.8 Å². The first-order valence-electron chi connectivity index (χ1n) is 6.65. The molecular formula is C16H14F2N2O2. The molecule has 0 amide bonds. The van der Waals surface area contributed by atoms with E-state index in [0.29, 0.717) is 11.1 Å². The second-order valence-electron chi connectivity index (χ2n) is 5.07. The number of halogens is 2. The minimum Gasteiger partial charge on any atom is -0.508 e. The number of hydrogen-bond donors (Lipinski definition) is 2. The molecule has 2 aromatic carbocycles. The van der Waals surface area contributed by atoms with E-state index < -0.39 is 17.7 Å². The van der Waals surface area contributed by atoms with Gasteiger partial charge in [-0.3, -0.25) is 10.2 Å². The Morgan fingerprint density at radius 1 is 1.00 bits per heavy atom. The van der Waals surface area contributed by atoms with E-state index in [1.807, 2.05) is 0 Å². The summed E-state index contributed by atoms with van der Waals surface area (Å²) in [5.74, 6) is -1.32. The molecule has 2 aromatic rings. The van der Waals surface area contributed by atoms with Crippen LogP contribution in [0.25, 0.3) is 5.57 Å². The van der Waals surface area contributed by atoms with Gasteiger partial charge in [0.2, 0.25) is 0 Å². The highest BCUT2D eigenvalue weighted by atomic mass is 19.1. The third-order valence-corrected chi connectivity index (χ3v) is 3.63. The first-order chi connectivity index (χ1) is 10.5. The van der Waals surface area contributed by atoms with Gasteiger partial charge in [-0.15, -0.1) is 0 Å². The van der Waals surface area contributed by atoms with E-state index in [2.05, 4.69) is 0 Å². The van der Waals surface area contributed by atoms with Crippen LogP contribution in [-0.4, -0.2) is 27.5 Å². The van der Waals surface area contributed by atoms with Crippen LogP contribution in [0.1, 0.15) is 17.2 Å². The lowest BCUT2D eigenvalue weighted by Gasteiger charge is -2.26. The lowest BCUT2D eigenvalue weighted by molar-refractivity contribution is -0.221. The van der Waals surface area contributed by atoms with E-state index in [1.165, 1.54) is 41.5 Å². The van der Waals surface area contributed by atoms with Crippen molar-refractivity contribution in [2.75, 3.05) is 7.05 Å². The van der Waals surface area contributed by atoms with Gasteiger partial charge >= 0.3 is 0 Å². The molecule has 0 bridgehead atoms. The van der Waals surface area contributed by atoms with Crippen LogP contribution >= 0.6 is 0 Å². The van der Waals surface area contributed by atoms with Gasteiger partial charge in [0.25, 0.3) is 0 Å². The van der Waals surface area contributed by atoms with Crippen molar-refractivity contribution in [3.63, 3.8) is 0 Å². The molecular weight excluding hydrogens is 290 g/mol. The quantitative estimate of drug-likeness (QED) is 0.893. The highest BCUT2D eigenvalue weighted by molar-refractivity contribution is 5.73. The molecule has 4 nitrogen and oxygen atoms in total. The molecule has 0 fully saturated rings. The van der Waals surface area contributed by atoms with Gasteiger partial charge in [0.05, 0.1) is 5.56 Å². The number of hydrazine groups is 1. The van der Waals surface area contributed by atoms with Gasteiger partial charge in [-0.25, -0.2) is 8.78 Å². The number of nitrogens with zero attached hydrogens (tertiary/aromatic N) is 2. The Morgan fingerprint density at radius 3 is 2.18 bits per heavy atom. The normalized spacial score (nSPS) is 18.6. The topological polar surface area (TPSA) is 46.9 Å². The maximum atomic E-state index is 14.1. The summed E-state index contributed by atoms with van der Waals surface area (Å²) in [6, 6.07) is 8.97. The lowest BCUT2D eigenvalue weighted by atomic mass is 9.94. The minimum absolute atomic E-state index is 0.0715. The molecule has 6 heteroatoms. The molecule has 0 aliphatic carbocycles. The Morgan fingerprint density at radius 2 is 1.59 bits per heavy atom. The molecule has 0 aromatic heterocycles. The van der Waals surface area contributed by atoms with Crippen LogP contribution in [-0.2, 0) is 0 Å². The van der Waals surface area contributed by atoms with Gasteiger partial charge in [-0.05, 0) is 29.8 Å². The number of hydroxylamine groups is 1. The zero-order valence-corrected chi connectivity index (χ0v) is 11.7. The number of rotatable bonds is 2. The van der Waals surface area contributed by atoms with Gasteiger partial charge < -0.3 is 5.11 Å². The third-order valence-electron chi connectivity index (χ3n) is 3.63. The lowest BCUT2D eigenvalue weighted by Crippen LogP contribution is -2.31. The number of hydrogen-bond acceptors (Lipinski definition) is 4. The van der Waals surface area contributed by atoms with E-state index in [0.717, 1.165) is 5.17 Å². The summed E-state index contributed by atoms with van der Waals surface area (Å²) in [5.41, 5.74) is 0.716. The Balaban J connectivity index is 2.12. The second-order valence-corrected chi connectivity index (χ2v) is 5.07. The fourth-order valence-corrected chi connectivity index (χ4v) is 2.58. The summed E-state index contributed by atoms with van der Waals surface area (Å²) in [6.45, 7) is 0. The van der Waals surface area contributed by atoms with E-state index in [4.69, 9.17) is 0 Å². The monoisotopic (exact) mass is 304 g/mol. The summed E-state index contributed by atoms with van der Waals surface area (Å²) in [6.07, 6.45) is 1.47. The molecule has 2 N–H and O–H groups in total. The predicted octanol–water partition coefficient (Wildman–Crippen LogP) is 3.30. The van der Waals surface area contributed by atoms with Crippen molar-refractivity contribution in [3.05, 3.63) is 71.4 Å². The van der Waals surface area contributed by atoms with Crippen LogP contribution in [0.2, 0.25) is 0 Å². The average molecular weight is 304 g/mol. The molecule has 1 unspecified atom stereocenters. The Hall–Kier alpha value is -2.44. The van der Waals surface area contributed by atoms with Crippen LogP contribution in [0.5, 0.6) is 5.75 Å². The maximum absolute atomic E-state index is 14.1. The highest BCUT2D eigenvalue weighted by Crippen LogP contribution is 2.41. The number of benzene rings is 2. The van der Waals surface area contributed by atoms with E-state index in [1.54, 1.807) is 19.2 Å². The van der Waals surface area contributed by atoms with Crippen molar-refractivity contribution < 1.29 is 19.1 Å². The molecule has 22 heavy (non-hydrogen) atoms. The zero-order valence-electron chi connectivity index (χ0n) is 11.7. The van der Waals surface area contributed by atoms with Crippen LogP contribution in [0.3, 0.4) is 0 Å². The summed E-state index contributed by atoms with van der Waals surface area (Å²) in [7, 11) is 1.57. The smallest absolute Gasteiger partial charge is 0.133 e. The van der Waals surface area contributed by atoms with Crippen LogP contribution in [0.15, 0.2) is 48.7 Å². The molecule has 1 aliphatic rings. The maximum Gasteiger partial charge on any atom is 0.133 e. The van der Waals surface area contributed by atoms with Crippen molar-refractivity contribution in [2.45, 2.75) is 6.04 Å². The predicted molar refractivity (Wildman–Crippen MR) is 76.6 cm³/mol. The standard InChI is InChI=1S/C16H14F2N2O2/c1-19-9-12(15-13(17)3-2-4-14(15)18)16(20(19)22)10-5-7-11(21)8-6-10/h2-9,16,21-22H,1H3. The van der Waals surface area contributed by atoms with Gasteiger partial charge in [0.15, 0.2) is 0 Å². The second kappa shape index (κ2) is 5.40. The third kappa shape index (κ3) is 2.32. The largest absolute Gasteiger partial charge is 0.508 e. The number of phenols is 1. The number of aromatic hydroxyl groups is 1. The fourth-order valence-electron chi connectivity index (χ4n) is 2.58. The van der Waals surface area contributed by atoms with Crippen molar-refractivity contribution in [1.29, 1.82) is 0 Å². The summed E-state index contributed by atoms with van der Waals surface area (Å²) in [5, 5.41) is 21.8. The van der Waals surface area contributed by atoms with E-state index in [9.17, 15) is 19.1 Å². The van der Waals surface area contributed by atoms with E-state index in [-0.39, 0.29) is 11.3 Å². The van der Waals surface area contributed by atoms with Crippen molar-refractivity contribution >= 4 is 5.57 Å². The molecule has 0 spiro atoms. The molecule has 114 valence electrons. The molecule has 1 heterocycles. The average Bonchev–Trinajstić information content (AvgIpc) is 2.76. The van der Waals surface area contributed by atoms with Crippen molar-refractivity contribution in [2.24, 2.45) is 0 Å². The van der Waals surface area contributed by atoms with E-state index >= 15 is 0 Å². The summed E-state index contributed by atoms with van der Waals surface area (Å²) >= 11 is 0. The van der Waals surface area contributed by atoms with Crippen LogP contribution < -0.4 is 0 Å². The van der Waals surface area contributed by atoms with Crippen molar-refractivity contribution in [3.8, 4) is 5.75 Å². The molecule has 0 saturated carbocycles. The molecule has 1 atom stereocenters. The van der Waals surface area contributed by atoms with Crippen LogP contribution in [0.4, 0.5) is 8.78 Å². The first kappa shape index (κ1) is 14.5. The summed E-state index contributed by atoms with van der Waals surface area (Å²) < 4.78 is 28.1. The minimum atomic E-state index is -0.767. The van der Waals surface area contributed by atoms with Gasteiger partial charge in [-0.1, -0.05) is 23.4 Å². The fraction of sp³-hybridized carbons (Fsp3) is 0.125. The molecule has 0 saturated heterocycles. The Bertz CT molecular complexity index is 711. The highest BCUT2D eigenvalue weighted by Gasteiger charge is 2.35. The zero-order chi connectivity index (χ0) is 15.9. The molecule has 1 aliphatic heterocycles. The van der Waals surface area contributed by atoms with Gasteiger partial charge in [0.1, 0.15) is 23.4 Å². The Kier molecular flexibility index (Phi) is 3.56. The molecule has 3 rings (SSSR count).